The molecule has 3 atom stereocenters. The first-order valence-corrected chi connectivity index (χ1v) is 9.47. The fourth-order valence-electron chi connectivity index (χ4n) is 3.23. The number of likely N-dealkylation sites (tertiary alicyclic amines) is 1. The van der Waals surface area contributed by atoms with E-state index in [-0.39, 0.29) is 35.7 Å². The van der Waals surface area contributed by atoms with Gasteiger partial charge in [-0.3, -0.25) is 9.59 Å². The molecule has 1 fully saturated rings. The van der Waals surface area contributed by atoms with Gasteiger partial charge < -0.3 is 16.0 Å². The number of benzene rings is 1. The number of piperidine rings is 1. The summed E-state index contributed by atoms with van der Waals surface area (Å²) in [6, 6.07) is 7.93. The minimum atomic E-state index is -0.352. The second-order valence-electron chi connectivity index (χ2n) is 6.49. The Morgan fingerprint density at radius 2 is 1.92 bits per heavy atom. The molecule has 24 heavy (non-hydrogen) atoms. The molecule has 0 saturated carbocycles. The number of nitrogens with one attached hydrogen (secondary N) is 1. The quantitative estimate of drug-likeness (QED) is 0.775. The van der Waals surface area contributed by atoms with Crippen LogP contribution in [0.25, 0.3) is 0 Å². The van der Waals surface area contributed by atoms with Crippen molar-refractivity contribution in [1.29, 1.82) is 0 Å². The van der Waals surface area contributed by atoms with Gasteiger partial charge in [-0.2, -0.15) is 0 Å². The molecule has 0 spiro atoms. The third kappa shape index (κ3) is 4.66. The van der Waals surface area contributed by atoms with Gasteiger partial charge in [-0.15, -0.1) is 11.8 Å². The third-order valence-electron chi connectivity index (χ3n) is 4.45. The summed E-state index contributed by atoms with van der Waals surface area (Å²) in [5.41, 5.74) is 6.09. The van der Waals surface area contributed by atoms with Crippen molar-refractivity contribution in [3.8, 4) is 0 Å². The number of thioether (sulfide) groups is 1. The van der Waals surface area contributed by atoms with E-state index in [0.717, 1.165) is 23.4 Å². The Morgan fingerprint density at radius 1 is 1.29 bits per heavy atom. The van der Waals surface area contributed by atoms with Crippen LogP contribution in [0, 0.1) is 0 Å². The molecular weight excluding hydrogens is 322 g/mol. The Labute approximate surface area is 148 Å². The lowest BCUT2D eigenvalue weighted by Gasteiger charge is -2.40. The summed E-state index contributed by atoms with van der Waals surface area (Å²) in [6.45, 7) is 6.14. The average molecular weight is 350 g/mol. The summed E-state index contributed by atoms with van der Waals surface area (Å²) >= 11 is 1.38. The van der Waals surface area contributed by atoms with Crippen molar-refractivity contribution in [3.63, 3.8) is 0 Å². The molecule has 6 heteroatoms. The van der Waals surface area contributed by atoms with E-state index in [9.17, 15) is 9.59 Å². The van der Waals surface area contributed by atoms with Crippen LogP contribution in [0.5, 0.6) is 0 Å². The van der Waals surface area contributed by atoms with Crippen molar-refractivity contribution < 1.29 is 9.59 Å². The monoisotopic (exact) mass is 349 g/mol. The number of nitrogens with zero attached hydrogens (tertiary/aromatic N) is 1. The molecule has 1 aromatic rings. The number of anilines is 1. The first kappa shape index (κ1) is 18.6. The number of nitrogens with two attached hydrogens (primary N) is 1. The summed E-state index contributed by atoms with van der Waals surface area (Å²) in [6.07, 6.45) is 3.31. The number of amides is 2. The second kappa shape index (κ2) is 8.42. The summed E-state index contributed by atoms with van der Waals surface area (Å²) < 4.78 is 0. The van der Waals surface area contributed by atoms with Crippen molar-refractivity contribution in [2.24, 2.45) is 5.73 Å². The molecule has 0 bridgehead atoms. The Hall–Kier alpha value is -1.69. The van der Waals surface area contributed by atoms with Gasteiger partial charge in [0.05, 0.1) is 5.75 Å². The maximum absolute atomic E-state index is 12.9. The zero-order valence-electron chi connectivity index (χ0n) is 14.6. The predicted octanol–water partition coefficient (Wildman–Crippen LogP) is 2.85. The SMILES string of the molecule is C[C@@H](Nc1ccccc1SCC(N)=O)C(=O)N1[C@@H](C)CCC[C@@H]1C. The number of hydrogen-bond donors (Lipinski definition) is 2. The fourth-order valence-corrected chi connectivity index (χ4v) is 3.99. The van der Waals surface area contributed by atoms with Crippen LogP contribution in [-0.2, 0) is 9.59 Å². The molecule has 3 N–H and O–H groups in total. The van der Waals surface area contributed by atoms with Crippen molar-refractivity contribution in [1.82, 2.24) is 4.90 Å². The van der Waals surface area contributed by atoms with Crippen LogP contribution in [0.2, 0.25) is 0 Å². The highest BCUT2D eigenvalue weighted by Gasteiger charge is 2.31. The number of para-hydroxylation sites is 1. The van der Waals surface area contributed by atoms with Gasteiger partial charge in [-0.05, 0) is 52.2 Å². The maximum Gasteiger partial charge on any atom is 0.245 e. The minimum Gasteiger partial charge on any atom is -0.373 e. The van der Waals surface area contributed by atoms with E-state index >= 15 is 0 Å². The summed E-state index contributed by atoms with van der Waals surface area (Å²) in [5, 5.41) is 3.31. The lowest BCUT2D eigenvalue weighted by atomic mass is 9.96. The molecule has 2 amide bonds. The third-order valence-corrected chi connectivity index (χ3v) is 5.54. The van der Waals surface area contributed by atoms with E-state index in [0.29, 0.717) is 0 Å². The normalized spacial score (nSPS) is 22.0. The molecule has 0 aromatic heterocycles. The highest BCUT2D eigenvalue weighted by atomic mass is 32.2. The topological polar surface area (TPSA) is 75.4 Å². The van der Waals surface area contributed by atoms with E-state index in [2.05, 4.69) is 19.2 Å². The van der Waals surface area contributed by atoms with Gasteiger partial charge in [0.1, 0.15) is 6.04 Å². The fraction of sp³-hybridized carbons (Fsp3) is 0.556. The average Bonchev–Trinajstić information content (AvgIpc) is 2.53. The lowest BCUT2D eigenvalue weighted by Crippen LogP contribution is -2.52. The van der Waals surface area contributed by atoms with Crippen LogP contribution in [0.4, 0.5) is 5.69 Å². The van der Waals surface area contributed by atoms with Gasteiger partial charge >= 0.3 is 0 Å². The Morgan fingerprint density at radius 3 is 2.54 bits per heavy atom. The molecule has 1 aliphatic rings. The van der Waals surface area contributed by atoms with Crippen molar-refractivity contribution >= 4 is 29.3 Å². The van der Waals surface area contributed by atoms with E-state index in [1.807, 2.05) is 36.1 Å². The van der Waals surface area contributed by atoms with Crippen molar-refractivity contribution in [3.05, 3.63) is 24.3 Å². The zero-order chi connectivity index (χ0) is 17.7. The number of rotatable bonds is 6. The number of primary amides is 1. The lowest BCUT2D eigenvalue weighted by molar-refractivity contribution is -0.137. The van der Waals surface area contributed by atoms with E-state index in [1.165, 1.54) is 18.2 Å². The maximum atomic E-state index is 12.9. The molecule has 132 valence electrons. The Kier molecular flexibility index (Phi) is 6.54. The van der Waals surface area contributed by atoms with E-state index in [4.69, 9.17) is 5.73 Å². The molecule has 0 unspecified atom stereocenters. The minimum absolute atomic E-state index is 0.129. The van der Waals surface area contributed by atoms with Gasteiger partial charge in [0, 0.05) is 22.7 Å². The molecule has 1 aliphatic heterocycles. The first-order chi connectivity index (χ1) is 11.4. The van der Waals surface area contributed by atoms with Gasteiger partial charge in [-0.25, -0.2) is 0 Å². The molecule has 1 saturated heterocycles. The Bertz CT molecular complexity index is 583. The highest BCUT2D eigenvalue weighted by Crippen LogP contribution is 2.28. The molecule has 1 heterocycles. The second-order valence-corrected chi connectivity index (χ2v) is 7.51. The van der Waals surface area contributed by atoms with Crippen molar-refractivity contribution in [2.75, 3.05) is 11.1 Å². The van der Waals surface area contributed by atoms with Gasteiger partial charge in [-0.1, -0.05) is 12.1 Å². The number of carbonyl (C=O) groups excluding carboxylic acids is 2. The Balaban J connectivity index is 2.07. The molecule has 2 rings (SSSR count). The molecule has 5 nitrogen and oxygen atoms in total. The van der Waals surface area contributed by atoms with Crippen LogP contribution < -0.4 is 11.1 Å². The standard InChI is InChI=1S/C18H27N3O2S/c1-12-7-6-8-13(2)21(12)18(23)14(3)20-15-9-4-5-10-16(15)24-11-17(19)22/h4-5,9-10,12-14,20H,6-8,11H2,1-3H3,(H2,19,22)/t12-,13-,14+/m0/s1. The van der Waals surface area contributed by atoms with Gasteiger partial charge in [0.15, 0.2) is 0 Å². The number of hydrogen-bond acceptors (Lipinski definition) is 4. The van der Waals surface area contributed by atoms with Crippen LogP contribution in [0.1, 0.15) is 40.0 Å². The summed E-state index contributed by atoms with van der Waals surface area (Å²) in [4.78, 5) is 26.8. The molecule has 0 radical (unpaired) electrons. The summed E-state index contributed by atoms with van der Waals surface area (Å²) in [5.74, 6) is 0.000555. The predicted molar refractivity (Wildman–Crippen MR) is 99.1 cm³/mol. The van der Waals surface area contributed by atoms with Gasteiger partial charge in [0.25, 0.3) is 0 Å². The van der Waals surface area contributed by atoms with E-state index in [1.54, 1.807) is 0 Å². The van der Waals surface area contributed by atoms with Crippen LogP contribution in [-0.4, -0.2) is 40.6 Å². The smallest absolute Gasteiger partial charge is 0.245 e. The highest BCUT2D eigenvalue weighted by molar-refractivity contribution is 8.00. The van der Waals surface area contributed by atoms with Gasteiger partial charge in [0.2, 0.25) is 11.8 Å². The molecule has 1 aromatic carbocycles. The van der Waals surface area contributed by atoms with Crippen LogP contribution in [0.15, 0.2) is 29.2 Å². The van der Waals surface area contributed by atoms with Crippen LogP contribution >= 0.6 is 11.8 Å². The van der Waals surface area contributed by atoms with Crippen molar-refractivity contribution in [2.45, 2.75) is 63.1 Å². The summed E-state index contributed by atoms with van der Waals surface area (Å²) in [7, 11) is 0. The molecular formula is C18H27N3O2S. The molecule has 0 aliphatic carbocycles. The zero-order valence-corrected chi connectivity index (χ0v) is 15.4. The van der Waals surface area contributed by atoms with Crippen LogP contribution in [0.3, 0.4) is 0 Å². The van der Waals surface area contributed by atoms with E-state index < -0.39 is 0 Å². The first-order valence-electron chi connectivity index (χ1n) is 8.49. The number of carbonyl (C=O) groups is 2. The largest absolute Gasteiger partial charge is 0.373 e.